The van der Waals surface area contributed by atoms with E-state index in [9.17, 15) is 61.0 Å². The topological polar surface area (TPSA) is 307 Å². The molecular formula is C65H119NO18. The molecule has 0 aliphatic carbocycles. The number of allylic oxidation sites excluding steroid dienone is 5. The molecule has 492 valence electrons. The Bertz CT molecular complexity index is 1670. The zero-order valence-corrected chi connectivity index (χ0v) is 51.6. The maximum atomic E-state index is 13.3. The first-order valence-corrected chi connectivity index (χ1v) is 33.2. The van der Waals surface area contributed by atoms with E-state index in [4.69, 9.17) is 28.4 Å². The Balaban J connectivity index is 1.44. The fraction of sp³-hybridized carbons (Fsp3) is 0.892. The van der Waals surface area contributed by atoms with Crippen LogP contribution in [0.2, 0.25) is 0 Å². The highest BCUT2D eigenvalue weighted by atomic mass is 16.8. The summed E-state index contributed by atoms with van der Waals surface area (Å²) in [7, 11) is 0. The standard InChI is InChI=1S/C65H119NO18/c1-3-5-7-9-11-13-15-17-18-19-20-21-22-23-24-25-26-27-28-29-31-32-34-36-38-40-42-49(70)48(66-53(71)43-41-39-37-35-33-30-16-14-12-10-8-6-4-2)47-79-63-59(77)56(74)61(51(45-68)81-63)84-65-60(78)57(75)62(52(46-69)82-65)83-64-58(76)55(73)54(72)50(44-67)80-64/h8,10,14,16,40,42,48-52,54-65,67-70,72-78H,3-7,9,11-13,15,17-39,41,43-47H2,1-2H3,(H,66,71)/b10-8-,16-14-,42-40+. The SMILES string of the molecule is CCC/C=C\C/C=C\CCCCCCCC(=O)NC(COC1OC(CO)C(OC2OC(CO)C(OC3OC(CO)C(O)C(O)C3O)C(O)C2O)C(O)C1O)C(O)/C=C/CCCCCCCCCCCCCCCCCCCCCCCCCC. The smallest absolute Gasteiger partial charge is 0.220 e. The van der Waals surface area contributed by atoms with Crippen molar-refractivity contribution in [1.82, 2.24) is 5.32 Å². The molecule has 12 N–H and O–H groups in total. The van der Waals surface area contributed by atoms with E-state index in [-0.39, 0.29) is 18.9 Å². The summed E-state index contributed by atoms with van der Waals surface area (Å²) < 4.78 is 34.3. The van der Waals surface area contributed by atoms with E-state index in [1.165, 1.54) is 135 Å². The lowest BCUT2D eigenvalue weighted by atomic mass is 9.96. The minimum Gasteiger partial charge on any atom is -0.394 e. The molecule has 0 bridgehead atoms. The second-order valence-electron chi connectivity index (χ2n) is 23.9. The van der Waals surface area contributed by atoms with Crippen molar-refractivity contribution in [1.29, 1.82) is 0 Å². The number of carbonyl (C=O) groups is 1. The van der Waals surface area contributed by atoms with E-state index < -0.39 is 124 Å². The molecule has 0 aromatic carbocycles. The van der Waals surface area contributed by atoms with Gasteiger partial charge in [0.15, 0.2) is 18.9 Å². The number of hydrogen-bond donors (Lipinski definition) is 12. The van der Waals surface area contributed by atoms with E-state index in [0.29, 0.717) is 6.42 Å². The monoisotopic (exact) mass is 1200 g/mol. The number of nitrogens with one attached hydrogen (secondary N) is 1. The number of rotatable bonds is 50. The average molecular weight is 1200 g/mol. The van der Waals surface area contributed by atoms with Crippen LogP contribution in [-0.4, -0.2) is 193 Å². The third-order valence-corrected chi connectivity index (χ3v) is 16.7. The van der Waals surface area contributed by atoms with E-state index >= 15 is 0 Å². The van der Waals surface area contributed by atoms with Gasteiger partial charge in [-0.2, -0.15) is 0 Å². The Morgan fingerprint density at radius 1 is 0.429 bits per heavy atom. The summed E-state index contributed by atoms with van der Waals surface area (Å²) in [6.07, 6.45) is 27.1. The van der Waals surface area contributed by atoms with Crippen LogP contribution in [0.5, 0.6) is 0 Å². The Labute approximate surface area is 504 Å². The minimum atomic E-state index is -1.98. The number of carbonyl (C=O) groups excluding carboxylic acids is 1. The second kappa shape index (κ2) is 47.9. The van der Waals surface area contributed by atoms with Gasteiger partial charge in [-0.25, -0.2) is 0 Å². The lowest BCUT2D eigenvalue weighted by Gasteiger charge is -2.48. The van der Waals surface area contributed by atoms with E-state index in [1.54, 1.807) is 6.08 Å². The zero-order chi connectivity index (χ0) is 61.2. The molecule has 0 aromatic rings. The molecule has 0 saturated carbocycles. The van der Waals surface area contributed by atoms with E-state index in [1.807, 2.05) is 6.08 Å². The van der Waals surface area contributed by atoms with Gasteiger partial charge in [0.05, 0.1) is 38.6 Å². The van der Waals surface area contributed by atoms with E-state index in [2.05, 4.69) is 43.5 Å². The number of unbranched alkanes of at least 4 members (excludes halogenated alkanes) is 30. The molecule has 3 heterocycles. The predicted molar refractivity (Wildman–Crippen MR) is 323 cm³/mol. The average Bonchev–Trinajstić information content (AvgIpc) is 2.92. The van der Waals surface area contributed by atoms with E-state index in [0.717, 1.165) is 77.0 Å². The molecule has 84 heavy (non-hydrogen) atoms. The van der Waals surface area contributed by atoms with Crippen molar-refractivity contribution < 1.29 is 89.4 Å². The molecule has 3 fully saturated rings. The van der Waals surface area contributed by atoms with Crippen LogP contribution in [-0.2, 0) is 33.2 Å². The molecule has 3 saturated heterocycles. The van der Waals surface area contributed by atoms with Gasteiger partial charge in [0.1, 0.15) is 73.2 Å². The first-order chi connectivity index (χ1) is 40.8. The summed E-state index contributed by atoms with van der Waals surface area (Å²) in [5.41, 5.74) is 0. The summed E-state index contributed by atoms with van der Waals surface area (Å²) >= 11 is 0. The maximum Gasteiger partial charge on any atom is 0.220 e. The Morgan fingerprint density at radius 3 is 1.26 bits per heavy atom. The summed E-state index contributed by atoms with van der Waals surface area (Å²) in [5, 5.41) is 120. The van der Waals surface area contributed by atoms with Crippen molar-refractivity contribution in [2.75, 3.05) is 26.4 Å². The van der Waals surface area contributed by atoms with Crippen molar-refractivity contribution in [2.24, 2.45) is 0 Å². The molecule has 1 amide bonds. The van der Waals surface area contributed by atoms with Gasteiger partial charge in [-0.15, -0.1) is 0 Å². The Kier molecular flexibility index (Phi) is 43.5. The molecular weight excluding hydrogens is 1080 g/mol. The van der Waals surface area contributed by atoms with Gasteiger partial charge in [-0.1, -0.05) is 224 Å². The molecule has 19 heteroatoms. The molecule has 3 aliphatic heterocycles. The largest absolute Gasteiger partial charge is 0.394 e. The van der Waals surface area contributed by atoms with Gasteiger partial charge >= 0.3 is 0 Å². The van der Waals surface area contributed by atoms with Crippen molar-refractivity contribution >= 4 is 5.91 Å². The van der Waals surface area contributed by atoms with Crippen LogP contribution in [0.3, 0.4) is 0 Å². The third-order valence-electron chi connectivity index (χ3n) is 16.7. The summed E-state index contributed by atoms with van der Waals surface area (Å²) in [5.74, 6) is -0.290. The van der Waals surface area contributed by atoms with Crippen LogP contribution in [0.25, 0.3) is 0 Å². The lowest BCUT2D eigenvalue weighted by Crippen LogP contribution is -2.66. The van der Waals surface area contributed by atoms with Crippen molar-refractivity contribution in [3.63, 3.8) is 0 Å². The summed E-state index contributed by atoms with van der Waals surface area (Å²) in [6, 6.07) is -0.980. The number of aliphatic hydroxyl groups excluding tert-OH is 11. The van der Waals surface area contributed by atoms with Crippen molar-refractivity contribution in [3.8, 4) is 0 Å². The normalized spacial score (nSPS) is 29.4. The van der Waals surface area contributed by atoms with Crippen LogP contribution in [0.15, 0.2) is 36.5 Å². The van der Waals surface area contributed by atoms with Gasteiger partial charge in [-0.3, -0.25) is 4.79 Å². The minimum absolute atomic E-state index is 0.227. The van der Waals surface area contributed by atoms with Gasteiger partial charge in [0.2, 0.25) is 5.91 Å². The molecule has 0 radical (unpaired) electrons. The molecule has 0 aromatic heterocycles. The number of ether oxygens (including phenoxy) is 6. The van der Waals surface area contributed by atoms with Crippen LogP contribution in [0, 0.1) is 0 Å². The number of amides is 1. The first-order valence-electron chi connectivity index (χ1n) is 33.2. The van der Waals surface area contributed by atoms with Gasteiger partial charge in [0.25, 0.3) is 0 Å². The summed E-state index contributed by atoms with van der Waals surface area (Å²) in [4.78, 5) is 13.3. The summed E-state index contributed by atoms with van der Waals surface area (Å²) in [6.45, 7) is 1.66. The predicted octanol–water partition coefficient (Wildman–Crippen LogP) is 7.66. The van der Waals surface area contributed by atoms with Gasteiger partial charge in [-0.05, 0) is 44.9 Å². The highest BCUT2D eigenvalue weighted by Gasteiger charge is 2.53. The molecule has 0 spiro atoms. The number of aliphatic hydroxyl groups is 11. The molecule has 17 unspecified atom stereocenters. The van der Waals surface area contributed by atoms with Crippen LogP contribution in [0.4, 0.5) is 0 Å². The molecule has 17 atom stereocenters. The second-order valence-corrected chi connectivity index (χ2v) is 23.9. The highest BCUT2D eigenvalue weighted by molar-refractivity contribution is 5.76. The van der Waals surface area contributed by atoms with Crippen molar-refractivity contribution in [2.45, 2.75) is 343 Å². The molecule has 19 nitrogen and oxygen atoms in total. The number of hydrogen-bond acceptors (Lipinski definition) is 18. The first kappa shape index (κ1) is 76.3. The Morgan fingerprint density at radius 2 is 0.810 bits per heavy atom. The van der Waals surface area contributed by atoms with Crippen LogP contribution < -0.4 is 5.32 Å². The highest BCUT2D eigenvalue weighted by Crippen LogP contribution is 2.33. The van der Waals surface area contributed by atoms with Crippen molar-refractivity contribution in [3.05, 3.63) is 36.5 Å². The van der Waals surface area contributed by atoms with Gasteiger partial charge < -0.3 is 89.9 Å². The van der Waals surface area contributed by atoms with Crippen LogP contribution in [0.1, 0.15) is 239 Å². The fourth-order valence-electron chi connectivity index (χ4n) is 11.2. The maximum absolute atomic E-state index is 13.3. The van der Waals surface area contributed by atoms with Crippen LogP contribution >= 0.6 is 0 Å². The molecule has 3 rings (SSSR count). The quantitative estimate of drug-likeness (QED) is 0.0205. The van der Waals surface area contributed by atoms with Gasteiger partial charge in [0, 0.05) is 6.42 Å². The Hall–Kier alpha value is -1.99. The zero-order valence-electron chi connectivity index (χ0n) is 51.6. The molecule has 3 aliphatic rings. The lowest BCUT2D eigenvalue weighted by molar-refractivity contribution is -0.379. The third kappa shape index (κ3) is 30.5. The fourth-order valence-corrected chi connectivity index (χ4v) is 11.2.